The zero-order valence-corrected chi connectivity index (χ0v) is 8.20. The zero-order valence-electron chi connectivity index (χ0n) is 8.20. The average Bonchev–Trinajstić information content (AvgIpc) is 2.16. The van der Waals surface area contributed by atoms with Crippen LogP contribution in [0.3, 0.4) is 0 Å². The van der Waals surface area contributed by atoms with Crippen molar-refractivity contribution in [3.63, 3.8) is 0 Å². The molecule has 0 radical (unpaired) electrons. The van der Waals surface area contributed by atoms with Gasteiger partial charge in [0.2, 0.25) is 0 Å². The summed E-state index contributed by atoms with van der Waals surface area (Å²) in [4.78, 5) is 9.95. The molecule has 0 aromatic heterocycles. The summed E-state index contributed by atoms with van der Waals surface area (Å²) in [5.74, 6) is 0. The van der Waals surface area contributed by atoms with E-state index in [2.05, 4.69) is 0 Å². The molecule has 3 heteroatoms. The van der Waals surface area contributed by atoms with Crippen molar-refractivity contribution < 1.29 is 14.3 Å². The Hall–Kier alpha value is -0.830. The Balaban J connectivity index is 2.98. The normalized spacial score (nSPS) is 10.5. The van der Waals surface area contributed by atoms with Crippen LogP contribution in [-0.4, -0.2) is 19.7 Å². The first-order chi connectivity index (χ1) is 6.41. The third kappa shape index (κ3) is 11.2. The molecule has 3 nitrogen and oxygen atoms in total. The molecule has 0 saturated carbocycles. The van der Waals surface area contributed by atoms with Crippen LogP contribution in [-0.2, 0) is 14.3 Å². The molecule has 0 N–H and O–H groups in total. The molecule has 76 valence electrons. The van der Waals surface area contributed by atoms with Gasteiger partial charge in [0.15, 0.2) is 6.79 Å². The Kier molecular flexibility index (Phi) is 10.5. The van der Waals surface area contributed by atoms with E-state index < -0.39 is 0 Å². The minimum absolute atomic E-state index is 0.321. The lowest BCUT2D eigenvalue weighted by Crippen LogP contribution is -1.93. The average molecular weight is 186 g/mol. The number of hydrogen-bond acceptors (Lipinski definition) is 3. The van der Waals surface area contributed by atoms with E-state index in [-0.39, 0.29) is 0 Å². The van der Waals surface area contributed by atoms with Crippen LogP contribution in [0.25, 0.3) is 0 Å². The molecule has 0 bridgehead atoms. The van der Waals surface area contributed by atoms with Gasteiger partial charge in [0, 0.05) is 13.0 Å². The first-order valence-corrected chi connectivity index (χ1v) is 4.69. The highest BCUT2D eigenvalue weighted by Crippen LogP contribution is 1.98. The highest BCUT2D eigenvalue weighted by atomic mass is 16.7. The van der Waals surface area contributed by atoms with Crippen molar-refractivity contribution in [1.29, 1.82) is 0 Å². The third-order valence-electron chi connectivity index (χ3n) is 1.49. The van der Waals surface area contributed by atoms with Crippen molar-refractivity contribution in [3.8, 4) is 0 Å². The number of rotatable bonds is 9. The van der Waals surface area contributed by atoms with Crippen LogP contribution in [0, 0.1) is 0 Å². The molecule has 0 aromatic rings. The Morgan fingerprint density at radius 1 is 1.23 bits per heavy atom. The van der Waals surface area contributed by atoms with Gasteiger partial charge in [0.25, 0.3) is 0 Å². The first-order valence-electron chi connectivity index (χ1n) is 4.69. The number of carbonyl (C=O) groups is 1. The number of unbranched alkanes of at least 4 members (excludes halogenated alkanes) is 3. The molecule has 13 heavy (non-hydrogen) atoms. The largest absolute Gasteiger partial charge is 0.475 e. The third-order valence-corrected chi connectivity index (χ3v) is 1.49. The van der Waals surface area contributed by atoms with E-state index >= 15 is 0 Å². The molecule has 0 aromatic carbocycles. The van der Waals surface area contributed by atoms with E-state index in [1.54, 1.807) is 6.26 Å². The number of hydrogen-bond donors (Lipinski definition) is 0. The molecule has 0 fully saturated rings. The molecule has 0 atom stereocenters. The highest BCUT2D eigenvalue weighted by Gasteiger charge is 1.84. The lowest BCUT2D eigenvalue weighted by molar-refractivity contribution is -0.107. The summed E-state index contributed by atoms with van der Waals surface area (Å²) in [6.45, 7) is 2.92. The second-order valence-electron chi connectivity index (χ2n) is 2.60. The molecule has 0 unspecified atom stereocenters. The lowest BCUT2D eigenvalue weighted by atomic mass is 10.2. The van der Waals surface area contributed by atoms with Gasteiger partial charge in [0.05, 0.1) is 6.26 Å². The summed E-state index contributed by atoms with van der Waals surface area (Å²) in [5.41, 5.74) is 0. The van der Waals surface area contributed by atoms with Gasteiger partial charge in [-0.15, -0.1) is 0 Å². The fraction of sp³-hybridized carbons (Fsp3) is 0.700. The molecule has 0 aliphatic heterocycles. The van der Waals surface area contributed by atoms with E-state index in [1.807, 2.05) is 13.0 Å². The summed E-state index contributed by atoms with van der Waals surface area (Å²) in [5, 5.41) is 0. The number of ether oxygens (including phenoxy) is 2. The van der Waals surface area contributed by atoms with E-state index in [4.69, 9.17) is 9.47 Å². The molecular weight excluding hydrogens is 168 g/mol. The molecule has 0 saturated heterocycles. The van der Waals surface area contributed by atoms with Gasteiger partial charge >= 0.3 is 0 Å². The van der Waals surface area contributed by atoms with Gasteiger partial charge in [-0.25, -0.2) is 0 Å². The van der Waals surface area contributed by atoms with Crippen LogP contribution in [0.5, 0.6) is 0 Å². The zero-order chi connectivity index (χ0) is 9.78. The Morgan fingerprint density at radius 3 is 2.69 bits per heavy atom. The molecular formula is C10H18O3. The van der Waals surface area contributed by atoms with Crippen LogP contribution < -0.4 is 0 Å². The minimum atomic E-state index is 0.321. The fourth-order valence-electron chi connectivity index (χ4n) is 0.797. The predicted octanol–water partition coefficient (Wildman–Crippen LogP) is 2.27. The van der Waals surface area contributed by atoms with Crippen LogP contribution in [0.2, 0.25) is 0 Å². The maximum atomic E-state index is 9.95. The minimum Gasteiger partial charge on any atom is -0.475 e. The van der Waals surface area contributed by atoms with Crippen molar-refractivity contribution in [2.75, 3.05) is 13.4 Å². The van der Waals surface area contributed by atoms with Crippen LogP contribution in [0.1, 0.15) is 32.6 Å². The SMILES string of the molecule is CCOCOC=CCCCCC=O. The van der Waals surface area contributed by atoms with Crippen molar-refractivity contribution in [2.45, 2.75) is 32.6 Å². The van der Waals surface area contributed by atoms with Gasteiger partial charge in [0.1, 0.15) is 6.29 Å². The van der Waals surface area contributed by atoms with Gasteiger partial charge in [-0.05, 0) is 32.3 Å². The fourth-order valence-corrected chi connectivity index (χ4v) is 0.797. The monoisotopic (exact) mass is 186 g/mol. The van der Waals surface area contributed by atoms with Crippen LogP contribution in [0.15, 0.2) is 12.3 Å². The van der Waals surface area contributed by atoms with Crippen molar-refractivity contribution in [1.82, 2.24) is 0 Å². The number of carbonyl (C=O) groups excluding carboxylic acids is 1. The van der Waals surface area contributed by atoms with Crippen LogP contribution >= 0.6 is 0 Å². The molecule has 0 aliphatic rings. The molecule has 0 aliphatic carbocycles. The second-order valence-corrected chi connectivity index (χ2v) is 2.60. The predicted molar refractivity (Wildman–Crippen MR) is 51.3 cm³/mol. The van der Waals surface area contributed by atoms with Crippen molar-refractivity contribution in [2.24, 2.45) is 0 Å². The maximum absolute atomic E-state index is 9.95. The van der Waals surface area contributed by atoms with Gasteiger partial charge in [-0.2, -0.15) is 0 Å². The Labute approximate surface area is 79.7 Å². The Morgan fingerprint density at radius 2 is 2.00 bits per heavy atom. The van der Waals surface area contributed by atoms with Crippen LogP contribution in [0.4, 0.5) is 0 Å². The van der Waals surface area contributed by atoms with Gasteiger partial charge < -0.3 is 14.3 Å². The van der Waals surface area contributed by atoms with Crippen molar-refractivity contribution in [3.05, 3.63) is 12.3 Å². The quantitative estimate of drug-likeness (QED) is 0.240. The summed E-state index contributed by atoms with van der Waals surface area (Å²) in [7, 11) is 0. The van der Waals surface area contributed by atoms with E-state index in [1.165, 1.54) is 0 Å². The summed E-state index contributed by atoms with van der Waals surface area (Å²) in [6, 6.07) is 0. The standard InChI is InChI=1S/C10H18O3/c1-2-12-10-13-9-7-5-3-4-6-8-11/h7-9H,2-6,10H2,1H3. The summed E-state index contributed by atoms with van der Waals surface area (Å²) in [6.07, 6.45) is 8.16. The Bertz CT molecular complexity index is 132. The first kappa shape index (κ1) is 12.2. The summed E-state index contributed by atoms with van der Waals surface area (Å²) < 4.78 is 9.97. The molecule has 0 spiro atoms. The molecule has 0 rings (SSSR count). The maximum Gasteiger partial charge on any atom is 0.188 e. The molecule has 0 heterocycles. The summed E-state index contributed by atoms with van der Waals surface area (Å²) >= 11 is 0. The number of allylic oxidation sites excluding steroid dienone is 1. The topological polar surface area (TPSA) is 35.5 Å². The number of aldehydes is 1. The van der Waals surface area contributed by atoms with Gasteiger partial charge in [-0.1, -0.05) is 0 Å². The van der Waals surface area contributed by atoms with Crippen molar-refractivity contribution >= 4 is 6.29 Å². The second kappa shape index (κ2) is 11.2. The smallest absolute Gasteiger partial charge is 0.188 e. The molecule has 0 amide bonds. The van der Waals surface area contributed by atoms with E-state index in [9.17, 15) is 4.79 Å². The van der Waals surface area contributed by atoms with Gasteiger partial charge in [-0.3, -0.25) is 0 Å². The highest BCUT2D eigenvalue weighted by molar-refractivity contribution is 5.48. The van der Waals surface area contributed by atoms with E-state index in [0.717, 1.165) is 25.5 Å². The lowest BCUT2D eigenvalue weighted by Gasteiger charge is -1.98. The van der Waals surface area contributed by atoms with E-state index in [0.29, 0.717) is 19.8 Å².